The maximum absolute atomic E-state index is 10.2. The Hall–Kier alpha value is -0.0800. The van der Waals surface area contributed by atoms with E-state index in [1.54, 1.807) is 0 Å². The van der Waals surface area contributed by atoms with Crippen LogP contribution >= 0.6 is 0 Å². The lowest BCUT2D eigenvalue weighted by molar-refractivity contribution is -0.101. The van der Waals surface area contributed by atoms with Gasteiger partial charge >= 0.3 is 0 Å². The second-order valence-electron chi connectivity index (χ2n) is 8.33. The van der Waals surface area contributed by atoms with E-state index in [1.165, 1.54) is 89.9 Å². The van der Waals surface area contributed by atoms with E-state index in [0.29, 0.717) is 12.2 Å². The molecule has 25 heavy (non-hydrogen) atoms. The van der Waals surface area contributed by atoms with E-state index in [4.69, 9.17) is 4.74 Å². The van der Waals surface area contributed by atoms with Gasteiger partial charge in [-0.1, -0.05) is 104 Å². The zero-order chi connectivity index (χ0) is 18.2. The smallest absolute Gasteiger partial charge is 0.0603 e. The van der Waals surface area contributed by atoms with E-state index in [1.807, 2.05) is 0 Å². The van der Waals surface area contributed by atoms with E-state index in [-0.39, 0.29) is 6.10 Å². The van der Waals surface area contributed by atoms with Crippen LogP contribution in [0, 0.1) is 0 Å². The number of aliphatic hydroxyl groups excluding tert-OH is 1. The van der Waals surface area contributed by atoms with E-state index >= 15 is 0 Å². The van der Waals surface area contributed by atoms with Crippen molar-refractivity contribution in [3.63, 3.8) is 0 Å². The number of aliphatic hydroxyl groups is 1. The lowest BCUT2D eigenvalue weighted by atomic mass is 9.94. The number of hydrogen-bond acceptors (Lipinski definition) is 2. The molecule has 0 spiro atoms. The van der Waals surface area contributed by atoms with Crippen molar-refractivity contribution >= 4 is 0 Å². The summed E-state index contributed by atoms with van der Waals surface area (Å²) in [5.41, 5.74) is 0. The molecule has 1 unspecified atom stereocenters. The summed E-state index contributed by atoms with van der Waals surface area (Å²) in [6, 6.07) is 0. The predicted octanol–water partition coefficient (Wildman–Crippen LogP) is 7.18. The monoisotopic (exact) mass is 354 g/mol. The maximum atomic E-state index is 10.2. The summed E-state index contributed by atoms with van der Waals surface area (Å²) < 4.78 is 6.28. The van der Waals surface area contributed by atoms with Gasteiger partial charge in [-0.05, 0) is 25.7 Å². The van der Waals surface area contributed by atoms with Crippen LogP contribution in [-0.4, -0.2) is 23.4 Å². The molecule has 0 aromatic carbocycles. The Morgan fingerprint density at radius 1 is 0.600 bits per heavy atom. The summed E-state index contributed by atoms with van der Waals surface area (Å²) in [6.45, 7) is 4.54. The largest absolute Gasteiger partial charge is 0.393 e. The Kier molecular flexibility index (Phi) is 14.8. The first-order valence-corrected chi connectivity index (χ1v) is 11.6. The van der Waals surface area contributed by atoms with Gasteiger partial charge in [-0.25, -0.2) is 0 Å². The van der Waals surface area contributed by atoms with Gasteiger partial charge in [0.2, 0.25) is 0 Å². The summed E-state index contributed by atoms with van der Waals surface area (Å²) >= 11 is 0. The third-order valence-electron chi connectivity index (χ3n) is 5.71. The molecule has 1 rings (SSSR count). The minimum absolute atomic E-state index is 0.127. The van der Waals surface area contributed by atoms with E-state index in [0.717, 1.165) is 25.7 Å². The van der Waals surface area contributed by atoms with Crippen LogP contribution < -0.4 is 0 Å². The Labute approximate surface area is 158 Å². The number of unbranched alkanes of at least 4 members (excludes halogenated alkanes) is 12. The van der Waals surface area contributed by atoms with Crippen LogP contribution in [0.2, 0.25) is 0 Å². The SMILES string of the molecule is CCCCCCCCCCC[C@H]1CC(O)C[C@@H](CCCCCCC)O1. The fourth-order valence-electron chi connectivity index (χ4n) is 4.12. The molecule has 0 amide bonds. The molecule has 1 aliphatic heterocycles. The van der Waals surface area contributed by atoms with Crippen LogP contribution in [0.5, 0.6) is 0 Å². The highest BCUT2D eigenvalue weighted by Gasteiger charge is 2.27. The van der Waals surface area contributed by atoms with Gasteiger partial charge < -0.3 is 9.84 Å². The zero-order valence-corrected chi connectivity index (χ0v) is 17.3. The Bertz CT molecular complexity index is 279. The van der Waals surface area contributed by atoms with Crippen molar-refractivity contribution in [3.05, 3.63) is 0 Å². The molecular weight excluding hydrogens is 308 g/mol. The quantitative estimate of drug-likeness (QED) is 0.297. The van der Waals surface area contributed by atoms with Crippen molar-refractivity contribution in [1.29, 1.82) is 0 Å². The molecule has 0 bridgehead atoms. The molecule has 1 aliphatic rings. The molecule has 150 valence electrons. The highest BCUT2D eigenvalue weighted by atomic mass is 16.5. The summed E-state index contributed by atoms with van der Waals surface area (Å²) in [6.07, 6.45) is 23.5. The van der Waals surface area contributed by atoms with Crippen LogP contribution in [0.15, 0.2) is 0 Å². The molecule has 0 saturated carbocycles. The lowest BCUT2D eigenvalue weighted by Gasteiger charge is -2.33. The van der Waals surface area contributed by atoms with Gasteiger partial charge in [0.25, 0.3) is 0 Å². The van der Waals surface area contributed by atoms with Crippen LogP contribution in [0.25, 0.3) is 0 Å². The Morgan fingerprint density at radius 3 is 1.36 bits per heavy atom. The molecule has 0 aromatic rings. The molecule has 1 fully saturated rings. The fraction of sp³-hybridized carbons (Fsp3) is 1.00. The second-order valence-corrected chi connectivity index (χ2v) is 8.33. The number of hydrogen-bond donors (Lipinski definition) is 1. The fourth-order valence-corrected chi connectivity index (χ4v) is 4.12. The minimum atomic E-state index is -0.127. The van der Waals surface area contributed by atoms with Crippen LogP contribution in [0.1, 0.15) is 129 Å². The van der Waals surface area contributed by atoms with E-state index in [9.17, 15) is 5.11 Å². The van der Waals surface area contributed by atoms with Gasteiger partial charge in [-0.15, -0.1) is 0 Å². The highest BCUT2D eigenvalue weighted by molar-refractivity contribution is 4.77. The molecule has 1 N–H and O–H groups in total. The first kappa shape index (κ1) is 23.0. The van der Waals surface area contributed by atoms with E-state index in [2.05, 4.69) is 13.8 Å². The molecule has 0 aromatic heterocycles. The molecule has 3 atom stereocenters. The first-order valence-electron chi connectivity index (χ1n) is 11.6. The van der Waals surface area contributed by atoms with Crippen molar-refractivity contribution in [3.8, 4) is 0 Å². The van der Waals surface area contributed by atoms with Gasteiger partial charge in [-0.2, -0.15) is 0 Å². The maximum Gasteiger partial charge on any atom is 0.0603 e. The third kappa shape index (κ3) is 12.8. The van der Waals surface area contributed by atoms with Gasteiger partial charge in [0, 0.05) is 0 Å². The van der Waals surface area contributed by atoms with Crippen molar-refractivity contribution in [2.75, 3.05) is 0 Å². The molecule has 2 heteroatoms. The van der Waals surface area contributed by atoms with Gasteiger partial charge in [0.15, 0.2) is 0 Å². The molecule has 1 heterocycles. The van der Waals surface area contributed by atoms with Gasteiger partial charge in [-0.3, -0.25) is 0 Å². The molecule has 0 aliphatic carbocycles. The van der Waals surface area contributed by atoms with Crippen molar-refractivity contribution in [1.82, 2.24) is 0 Å². The Morgan fingerprint density at radius 2 is 0.960 bits per heavy atom. The highest BCUT2D eigenvalue weighted by Crippen LogP contribution is 2.26. The first-order chi connectivity index (χ1) is 12.3. The van der Waals surface area contributed by atoms with Gasteiger partial charge in [0.1, 0.15) is 0 Å². The normalized spacial score (nSPS) is 23.9. The van der Waals surface area contributed by atoms with Crippen LogP contribution in [0.4, 0.5) is 0 Å². The average molecular weight is 355 g/mol. The van der Waals surface area contributed by atoms with Crippen LogP contribution in [-0.2, 0) is 4.74 Å². The molecule has 0 radical (unpaired) electrons. The van der Waals surface area contributed by atoms with Crippen molar-refractivity contribution < 1.29 is 9.84 Å². The summed E-state index contributed by atoms with van der Waals surface area (Å²) in [5.74, 6) is 0. The van der Waals surface area contributed by atoms with E-state index < -0.39 is 0 Å². The summed E-state index contributed by atoms with van der Waals surface area (Å²) in [4.78, 5) is 0. The standard InChI is InChI=1S/C23H46O2/c1-3-5-7-9-10-11-12-14-16-18-23-20-21(24)19-22(25-23)17-15-13-8-6-4-2/h21-24H,3-20H2,1-2H3/t21?,22-,23+/m1/s1. The number of ether oxygens (including phenoxy) is 1. The Balaban J connectivity index is 2.01. The minimum Gasteiger partial charge on any atom is -0.393 e. The number of rotatable bonds is 16. The molecular formula is C23H46O2. The molecule has 1 saturated heterocycles. The second kappa shape index (κ2) is 16.1. The lowest BCUT2D eigenvalue weighted by Crippen LogP contribution is -2.35. The third-order valence-corrected chi connectivity index (χ3v) is 5.71. The van der Waals surface area contributed by atoms with Crippen LogP contribution in [0.3, 0.4) is 0 Å². The average Bonchev–Trinajstić information content (AvgIpc) is 2.60. The van der Waals surface area contributed by atoms with Crippen molar-refractivity contribution in [2.45, 2.75) is 148 Å². The van der Waals surface area contributed by atoms with Gasteiger partial charge in [0.05, 0.1) is 18.3 Å². The summed E-state index contributed by atoms with van der Waals surface area (Å²) in [7, 11) is 0. The zero-order valence-electron chi connectivity index (χ0n) is 17.3. The molecule has 2 nitrogen and oxygen atoms in total. The topological polar surface area (TPSA) is 29.5 Å². The van der Waals surface area contributed by atoms with Crippen molar-refractivity contribution in [2.24, 2.45) is 0 Å². The predicted molar refractivity (Wildman–Crippen MR) is 109 cm³/mol. The summed E-state index contributed by atoms with van der Waals surface area (Å²) in [5, 5.41) is 10.2.